The van der Waals surface area contributed by atoms with Crippen molar-refractivity contribution in [2.75, 3.05) is 0 Å². The Morgan fingerprint density at radius 2 is 1.32 bits per heavy atom. The van der Waals surface area contributed by atoms with E-state index < -0.39 is 11.4 Å². The molecule has 0 aliphatic carbocycles. The fourth-order valence-corrected chi connectivity index (χ4v) is 3.96. The van der Waals surface area contributed by atoms with E-state index >= 15 is 0 Å². The Labute approximate surface area is 151 Å². The summed E-state index contributed by atoms with van der Waals surface area (Å²) in [5.74, 6) is -0.374. The van der Waals surface area contributed by atoms with Crippen LogP contribution in [0.4, 0.5) is 0 Å². The van der Waals surface area contributed by atoms with Gasteiger partial charge in [0, 0.05) is 0 Å². The van der Waals surface area contributed by atoms with Crippen LogP contribution < -0.4 is 0 Å². The van der Waals surface area contributed by atoms with E-state index in [2.05, 4.69) is 39.8 Å². The summed E-state index contributed by atoms with van der Waals surface area (Å²) in [6, 6.07) is 20.2. The number of rotatable bonds is 8. The molecular weight excluding hydrogens is 308 g/mol. The molecule has 0 saturated carbocycles. The Morgan fingerprint density at radius 3 is 1.72 bits per heavy atom. The molecule has 0 amide bonds. The minimum Gasteiger partial charge on any atom is -0.481 e. The Balaban J connectivity index is 2.45. The van der Waals surface area contributed by atoms with Crippen LogP contribution in [0.15, 0.2) is 60.7 Å². The highest BCUT2D eigenvalue weighted by Crippen LogP contribution is 2.48. The van der Waals surface area contributed by atoms with Gasteiger partial charge in [-0.05, 0) is 41.7 Å². The highest BCUT2D eigenvalue weighted by molar-refractivity contribution is 5.76. The van der Waals surface area contributed by atoms with E-state index in [1.54, 1.807) is 0 Å². The average molecular weight is 338 g/mol. The third-order valence-corrected chi connectivity index (χ3v) is 5.30. The first-order valence-electron chi connectivity index (χ1n) is 9.08. The van der Waals surface area contributed by atoms with Crippen LogP contribution in [0.2, 0.25) is 0 Å². The minimum atomic E-state index is -0.807. The summed E-state index contributed by atoms with van der Waals surface area (Å²) in [5, 5.41) is 10.3. The fraction of sp³-hybridized carbons (Fsp3) is 0.435. The molecule has 1 unspecified atom stereocenters. The highest BCUT2D eigenvalue weighted by Gasteiger charge is 2.51. The van der Waals surface area contributed by atoms with E-state index in [1.807, 2.05) is 48.5 Å². The van der Waals surface area contributed by atoms with Gasteiger partial charge in [0.1, 0.15) is 0 Å². The molecule has 1 atom stereocenters. The van der Waals surface area contributed by atoms with Gasteiger partial charge in [-0.1, -0.05) is 88.4 Å². The van der Waals surface area contributed by atoms with Gasteiger partial charge in [-0.3, -0.25) is 4.79 Å². The lowest BCUT2D eigenvalue weighted by Gasteiger charge is -2.45. The Bertz CT molecular complexity index is 674. The molecule has 2 nitrogen and oxygen atoms in total. The first kappa shape index (κ1) is 19.2. The third-order valence-electron chi connectivity index (χ3n) is 5.30. The standard InChI is InChI=1S/C23H30O2/c1-18(2)15-23(21(24)25,17-20-13-9-6-10-14-20)22(3,4)16-19-11-7-5-8-12-19/h5-14,18H,15-17H2,1-4H3,(H,24,25). The van der Waals surface area contributed by atoms with Crippen molar-refractivity contribution >= 4 is 5.97 Å². The van der Waals surface area contributed by atoms with E-state index in [9.17, 15) is 9.90 Å². The number of aliphatic carboxylic acids is 1. The highest BCUT2D eigenvalue weighted by atomic mass is 16.4. The number of carboxylic acid groups (broad SMARTS) is 1. The number of benzene rings is 2. The van der Waals surface area contributed by atoms with Gasteiger partial charge in [-0.2, -0.15) is 0 Å². The first-order chi connectivity index (χ1) is 11.8. The summed E-state index contributed by atoms with van der Waals surface area (Å²) in [4.78, 5) is 12.6. The second-order valence-electron chi connectivity index (χ2n) is 8.19. The van der Waals surface area contributed by atoms with Crippen molar-refractivity contribution in [1.82, 2.24) is 0 Å². The SMILES string of the molecule is CC(C)CC(Cc1ccccc1)(C(=O)O)C(C)(C)Cc1ccccc1. The summed E-state index contributed by atoms with van der Waals surface area (Å²) in [6.07, 6.45) is 1.97. The van der Waals surface area contributed by atoms with Gasteiger partial charge in [0.2, 0.25) is 0 Å². The number of hydrogen-bond acceptors (Lipinski definition) is 1. The predicted molar refractivity (Wildman–Crippen MR) is 104 cm³/mol. The predicted octanol–water partition coefficient (Wildman–Crippen LogP) is 5.62. The van der Waals surface area contributed by atoms with Crippen molar-refractivity contribution in [3.8, 4) is 0 Å². The van der Waals surface area contributed by atoms with Crippen molar-refractivity contribution in [3.63, 3.8) is 0 Å². The largest absolute Gasteiger partial charge is 0.481 e. The van der Waals surface area contributed by atoms with Crippen LogP contribution in [0.25, 0.3) is 0 Å². The summed E-state index contributed by atoms with van der Waals surface area (Å²) in [7, 11) is 0. The number of hydrogen-bond donors (Lipinski definition) is 1. The lowest BCUT2D eigenvalue weighted by atomic mass is 9.57. The third kappa shape index (κ3) is 4.50. The van der Waals surface area contributed by atoms with Gasteiger partial charge in [0.15, 0.2) is 0 Å². The van der Waals surface area contributed by atoms with E-state index in [4.69, 9.17) is 0 Å². The molecule has 0 aromatic heterocycles. The fourth-order valence-electron chi connectivity index (χ4n) is 3.96. The van der Waals surface area contributed by atoms with E-state index in [0.717, 1.165) is 12.0 Å². The van der Waals surface area contributed by atoms with Gasteiger partial charge in [-0.25, -0.2) is 0 Å². The van der Waals surface area contributed by atoms with Crippen LogP contribution in [0.5, 0.6) is 0 Å². The van der Waals surface area contributed by atoms with Gasteiger partial charge in [0.05, 0.1) is 5.41 Å². The van der Waals surface area contributed by atoms with Crippen LogP contribution in [0, 0.1) is 16.7 Å². The molecule has 0 aliphatic heterocycles. The van der Waals surface area contributed by atoms with Gasteiger partial charge < -0.3 is 5.11 Å². The molecule has 1 N–H and O–H groups in total. The van der Waals surface area contributed by atoms with E-state index in [-0.39, 0.29) is 5.41 Å². The average Bonchev–Trinajstić information content (AvgIpc) is 2.55. The number of carboxylic acids is 1. The molecule has 2 rings (SSSR count). The van der Waals surface area contributed by atoms with Crippen molar-refractivity contribution in [3.05, 3.63) is 71.8 Å². The van der Waals surface area contributed by atoms with Crippen LogP contribution >= 0.6 is 0 Å². The molecule has 0 heterocycles. The number of carbonyl (C=O) groups is 1. The molecule has 25 heavy (non-hydrogen) atoms. The van der Waals surface area contributed by atoms with E-state index in [0.29, 0.717) is 18.8 Å². The second-order valence-corrected chi connectivity index (χ2v) is 8.19. The monoisotopic (exact) mass is 338 g/mol. The summed E-state index contributed by atoms with van der Waals surface area (Å²) < 4.78 is 0. The quantitative estimate of drug-likeness (QED) is 0.679. The topological polar surface area (TPSA) is 37.3 Å². The van der Waals surface area contributed by atoms with Crippen LogP contribution in [0.3, 0.4) is 0 Å². The van der Waals surface area contributed by atoms with Crippen molar-refractivity contribution in [2.24, 2.45) is 16.7 Å². The normalized spacial score (nSPS) is 14.3. The van der Waals surface area contributed by atoms with Crippen LogP contribution in [-0.4, -0.2) is 11.1 Å². The summed E-state index contributed by atoms with van der Waals surface area (Å²) in [6.45, 7) is 8.45. The molecule has 134 valence electrons. The smallest absolute Gasteiger partial charge is 0.310 e. The first-order valence-corrected chi connectivity index (χ1v) is 9.08. The lowest BCUT2D eigenvalue weighted by Crippen LogP contribution is -2.48. The molecule has 0 aliphatic rings. The van der Waals surface area contributed by atoms with Gasteiger partial charge in [0.25, 0.3) is 0 Å². The molecule has 0 saturated heterocycles. The minimum absolute atomic E-state index is 0.315. The maximum atomic E-state index is 12.6. The molecule has 0 fully saturated rings. The molecule has 2 aromatic rings. The Hall–Kier alpha value is -2.09. The zero-order chi connectivity index (χ0) is 18.5. The van der Waals surface area contributed by atoms with Gasteiger partial charge in [-0.15, -0.1) is 0 Å². The summed E-state index contributed by atoms with van der Waals surface area (Å²) >= 11 is 0. The molecular formula is C23H30O2. The maximum absolute atomic E-state index is 12.6. The summed E-state index contributed by atoms with van der Waals surface area (Å²) in [5.41, 5.74) is 1.10. The Kier molecular flexibility index (Phi) is 6.05. The van der Waals surface area contributed by atoms with Crippen LogP contribution in [0.1, 0.15) is 45.2 Å². The molecule has 0 radical (unpaired) electrons. The zero-order valence-corrected chi connectivity index (χ0v) is 15.8. The Morgan fingerprint density at radius 1 is 0.880 bits per heavy atom. The second kappa shape index (κ2) is 7.86. The molecule has 0 spiro atoms. The van der Waals surface area contributed by atoms with Crippen molar-refractivity contribution < 1.29 is 9.90 Å². The van der Waals surface area contributed by atoms with Crippen molar-refractivity contribution in [2.45, 2.75) is 47.0 Å². The molecule has 2 heteroatoms. The van der Waals surface area contributed by atoms with Crippen LogP contribution in [-0.2, 0) is 17.6 Å². The lowest BCUT2D eigenvalue weighted by molar-refractivity contribution is -0.159. The van der Waals surface area contributed by atoms with E-state index in [1.165, 1.54) is 5.56 Å². The molecule has 2 aromatic carbocycles. The molecule has 0 bridgehead atoms. The zero-order valence-electron chi connectivity index (χ0n) is 15.8. The van der Waals surface area contributed by atoms with Gasteiger partial charge >= 0.3 is 5.97 Å². The maximum Gasteiger partial charge on any atom is 0.310 e. The van der Waals surface area contributed by atoms with Crippen molar-refractivity contribution in [1.29, 1.82) is 0 Å².